The van der Waals surface area contributed by atoms with E-state index in [2.05, 4.69) is 27.0 Å². The highest BCUT2D eigenvalue weighted by molar-refractivity contribution is 5.94. The van der Waals surface area contributed by atoms with Crippen LogP contribution >= 0.6 is 0 Å². The lowest BCUT2D eigenvalue weighted by atomic mass is 10.1. The highest BCUT2D eigenvalue weighted by atomic mass is 16.2. The predicted molar refractivity (Wildman–Crippen MR) is 97.4 cm³/mol. The Morgan fingerprint density at radius 1 is 1.15 bits per heavy atom. The molecule has 1 aromatic carbocycles. The van der Waals surface area contributed by atoms with Gasteiger partial charge in [-0.05, 0) is 18.9 Å². The third-order valence-electron chi connectivity index (χ3n) is 4.67. The quantitative estimate of drug-likeness (QED) is 0.851. The molecule has 1 saturated heterocycles. The van der Waals surface area contributed by atoms with Crippen molar-refractivity contribution in [2.45, 2.75) is 19.4 Å². The molecule has 1 atom stereocenters. The Bertz CT molecular complexity index is 763. The minimum Gasteiger partial charge on any atom is -0.368 e. The largest absolute Gasteiger partial charge is 0.368 e. The van der Waals surface area contributed by atoms with Gasteiger partial charge in [-0.15, -0.1) is 0 Å². The van der Waals surface area contributed by atoms with E-state index in [9.17, 15) is 9.59 Å². The minimum atomic E-state index is -0.484. The molecular weight excluding hydrogens is 330 g/mol. The van der Waals surface area contributed by atoms with E-state index in [0.717, 1.165) is 13.0 Å². The van der Waals surface area contributed by atoms with Crippen molar-refractivity contribution >= 4 is 11.8 Å². The van der Waals surface area contributed by atoms with Crippen molar-refractivity contribution in [3.05, 3.63) is 59.7 Å². The highest BCUT2D eigenvalue weighted by Gasteiger charge is 2.33. The normalized spacial score (nSPS) is 17.9. The zero-order valence-corrected chi connectivity index (χ0v) is 14.8. The predicted octanol–water partition coefficient (Wildman–Crippen LogP) is 0.639. The standard InChI is InChI=1S/C19H23N5O2/c1-14-21-11-16(12-22-14)19(26)24-10-9-23(17(13-24)18(20)25)8-7-15-5-3-2-4-6-15/h2-6,11-12,17H,7-10,13H2,1H3,(H2,20,25). The number of carbonyl (C=O) groups excluding carboxylic acids is 2. The van der Waals surface area contributed by atoms with Crippen LogP contribution in [0.25, 0.3) is 0 Å². The first-order valence-electron chi connectivity index (χ1n) is 8.70. The molecule has 2 heterocycles. The molecule has 1 aromatic heterocycles. The summed E-state index contributed by atoms with van der Waals surface area (Å²) in [6.45, 7) is 3.94. The molecule has 0 spiro atoms. The number of carbonyl (C=O) groups is 2. The summed E-state index contributed by atoms with van der Waals surface area (Å²) in [5.41, 5.74) is 7.25. The number of nitrogens with two attached hydrogens (primary N) is 1. The van der Waals surface area contributed by atoms with Gasteiger partial charge in [0.05, 0.1) is 5.56 Å². The number of amides is 2. The number of primary amides is 1. The number of aromatic nitrogens is 2. The molecule has 2 N–H and O–H groups in total. The van der Waals surface area contributed by atoms with Gasteiger partial charge in [-0.3, -0.25) is 14.5 Å². The fraction of sp³-hybridized carbons (Fsp3) is 0.368. The summed E-state index contributed by atoms with van der Waals surface area (Å²) in [6, 6.07) is 9.63. The molecule has 0 saturated carbocycles. The molecule has 136 valence electrons. The number of piperazine rings is 1. The van der Waals surface area contributed by atoms with E-state index in [1.54, 1.807) is 11.8 Å². The van der Waals surface area contributed by atoms with Gasteiger partial charge in [0, 0.05) is 38.6 Å². The van der Waals surface area contributed by atoms with Crippen molar-refractivity contribution in [1.29, 1.82) is 0 Å². The van der Waals surface area contributed by atoms with Crippen LogP contribution in [0.15, 0.2) is 42.7 Å². The first kappa shape index (κ1) is 18.0. The zero-order valence-electron chi connectivity index (χ0n) is 14.8. The van der Waals surface area contributed by atoms with E-state index in [0.29, 0.717) is 24.5 Å². The number of benzene rings is 1. The topological polar surface area (TPSA) is 92.4 Å². The number of nitrogens with zero attached hydrogens (tertiary/aromatic N) is 4. The first-order chi connectivity index (χ1) is 12.5. The van der Waals surface area contributed by atoms with Crippen LogP contribution in [0.4, 0.5) is 0 Å². The van der Waals surface area contributed by atoms with Crippen LogP contribution in [0.2, 0.25) is 0 Å². The molecule has 0 aliphatic carbocycles. The van der Waals surface area contributed by atoms with Crippen LogP contribution in [-0.4, -0.2) is 63.8 Å². The van der Waals surface area contributed by atoms with Crippen LogP contribution in [-0.2, 0) is 11.2 Å². The summed E-state index contributed by atoms with van der Waals surface area (Å²) in [5, 5.41) is 0. The molecule has 1 fully saturated rings. The zero-order chi connectivity index (χ0) is 18.5. The summed E-state index contributed by atoms with van der Waals surface area (Å²) < 4.78 is 0. The van der Waals surface area contributed by atoms with E-state index < -0.39 is 11.9 Å². The second kappa shape index (κ2) is 8.05. The van der Waals surface area contributed by atoms with Crippen molar-refractivity contribution < 1.29 is 9.59 Å². The second-order valence-corrected chi connectivity index (χ2v) is 6.46. The Balaban J connectivity index is 1.64. The summed E-state index contributed by atoms with van der Waals surface area (Å²) in [5.74, 6) is 0.0389. The van der Waals surface area contributed by atoms with E-state index in [1.807, 2.05) is 18.2 Å². The summed E-state index contributed by atoms with van der Waals surface area (Å²) in [7, 11) is 0. The van der Waals surface area contributed by atoms with Crippen LogP contribution in [0, 0.1) is 6.92 Å². The fourth-order valence-electron chi connectivity index (χ4n) is 3.15. The maximum atomic E-state index is 12.6. The number of aryl methyl sites for hydroxylation is 1. The van der Waals surface area contributed by atoms with Gasteiger partial charge in [0.2, 0.25) is 5.91 Å². The Hall–Kier alpha value is -2.80. The molecule has 2 amide bonds. The molecule has 0 radical (unpaired) electrons. The number of rotatable bonds is 5. The van der Waals surface area contributed by atoms with E-state index in [4.69, 9.17) is 5.73 Å². The third-order valence-corrected chi connectivity index (χ3v) is 4.67. The molecule has 0 bridgehead atoms. The van der Waals surface area contributed by atoms with Crippen molar-refractivity contribution in [1.82, 2.24) is 19.8 Å². The van der Waals surface area contributed by atoms with Gasteiger partial charge < -0.3 is 10.6 Å². The molecule has 1 aliphatic rings. The van der Waals surface area contributed by atoms with E-state index in [-0.39, 0.29) is 12.5 Å². The Morgan fingerprint density at radius 3 is 2.50 bits per heavy atom. The van der Waals surface area contributed by atoms with Gasteiger partial charge in [0.1, 0.15) is 11.9 Å². The lowest BCUT2D eigenvalue weighted by molar-refractivity contribution is -0.125. The molecule has 2 aromatic rings. The van der Waals surface area contributed by atoms with Crippen LogP contribution in [0.3, 0.4) is 0 Å². The number of hydrogen-bond donors (Lipinski definition) is 1. The van der Waals surface area contributed by atoms with Gasteiger partial charge >= 0.3 is 0 Å². The molecule has 1 unspecified atom stereocenters. The Kier molecular flexibility index (Phi) is 5.58. The van der Waals surface area contributed by atoms with Crippen molar-refractivity contribution in [3.63, 3.8) is 0 Å². The lowest BCUT2D eigenvalue weighted by Gasteiger charge is -2.39. The molecule has 26 heavy (non-hydrogen) atoms. The molecule has 7 nitrogen and oxygen atoms in total. The van der Waals surface area contributed by atoms with Gasteiger partial charge in [0.15, 0.2) is 0 Å². The van der Waals surface area contributed by atoms with Crippen LogP contribution in [0.5, 0.6) is 0 Å². The SMILES string of the molecule is Cc1ncc(C(=O)N2CCN(CCc3ccccc3)C(C(N)=O)C2)cn1. The lowest BCUT2D eigenvalue weighted by Crippen LogP contribution is -2.59. The molecular formula is C19H23N5O2. The van der Waals surface area contributed by atoms with Crippen molar-refractivity contribution in [2.24, 2.45) is 5.73 Å². The average molecular weight is 353 g/mol. The van der Waals surface area contributed by atoms with E-state index in [1.165, 1.54) is 18.0 Å². The minimum absolute atomic E-state index is 0.168. The average Bonchev–Trinajstić information content (AvgIpc) is 2.67. The van der Waals surface area contributed by atoms with Crippen LogP contribution < -0.4 is 5.73 Å². The monoisotopic (exact) mass is 353 g/mol. The first-order valence-corrected chi connectivity index (χ1v) is 8.70. The Labute approximate surface area is 152 Å². The number of hydrogen-bond acceptors (Lipinski definition) is 5. The van der Waals surface area contributed by atoms with Gasteiger partial charge in [-0.2, -0.15) is 0 Å². The smallest absolute Gasteiger partial charge is 0.257 e. The highest BCUT2D eigenvalue weighted by Crippen LogP contribution is 2.14. The summed E-state index contributed by atoms with van der Waals surface area (Å²) in [4.78, 5) is 36.4. The van der Waals surface area contributed by atoms with E-state index >= 15 is 0 Å². The maximum absolute atomic E-state index is 12.6. The van der Waals surface area contributed by atoms with Gasteiger partial charge in [0.25, 0.3) is 5.91 Å². The van der Waals surface area contributed by atoms with Gasteiger partial charge in [-0.1, -0.05) is 30.3 Å². The van der Waals surface area contributed by atoms with Crippen molar-refractivity contribution in [3.8, 4) is 0 Å². The summed E-state index contributed by atoms with van der Waals surface area (Å²) >= 11 is 0. The maximum Gasteiger partial charge on any atom is 0.257 e. The summed E-state index contributed by atoms with van der Waals surface area (Å²) in [6.07, 6.45) is 3.88. The van der Waals surface area contributed by atoms with Crippen molar-refractivity contribution in [2.75, 3.05) is 26.2 Å². The van der Waals surface area contributed by atoms with Gasteiger partial charge in [-0.25, -0.2) is 9.97 Å². The second-order valence-electron chi connectivity index (χ2n) is 6.46. The fourth-order valence-corrected chi connectivity index (χ4v) is 3.15. The molecule has 3 rings (SSSR count). The Morgan fingerprint density at radius 2 is 1.85 bits per heavy atom. The molecule has 1 aliphatic heterocycles. The molecule has 7 heteroatoms. The van der Waals surface area contributed by atoms with Crippen LogP contribution in [0.1, 0.15) is 21.7 Å². The third kappa shape index (κ3) is 4.23.